The molecule has 1 aliphatic rings. The van der Waals surface area contributed by atoms with Crippen molar-refractivity contribution in [2.75, 3.05) is 38.8 Å². The summed E-state index contributed by atoms with van der Waals surface area (Å²) in [5.74, 6) is 0.253. The molecule has 0 bridgehead atoms. The van der Waals surface area contributed by atoms with E-state index in [4.69, 9.17) is 9.47 Å². The van der Waals surface area contributed by atoms with Crippen molar-refractivity contribution >= 4 is 11.9 Å². The Balaban J connectivity index is 2.15. The van der Waals surface area contributed by atoms with Crippen LogP contribution in [0.15, 0.2) is 12.3 Å². The van der Waals surface area contributed by atoms with Gasteiger partial charge in [-0.25, -0.2) is 4.98 Å². The first-order chi connectivity index (χ1) is 10.6. The summed E-state index contributed by atoms with van der Waals surface area (Å²) >= 11 is 0. The maximum absolute atomic E-state index is 11.8. The third-order valence-corrected chi connectivity index (χ3v) is 4.14. The van der Waals surface area contributed by atoms with Gasteiger partial charge in [0.25, 0.3) is 0 Å². The quantitative estimate of drug-likeness (QED) is 0.765. The fraction of sp³-hybridized carbons (Fsp3) is 0.667. The molecule has 7 nitrogen and oxygen atoms in total. The minimum Gasteiger partial charge on any atom is -0.481 e. The van der Waals surface area contributed by atoms with Gasteiger partial charge in [-0.15, -0.1) is 0 Å². The summed E-state index contributed by atoms with van der Waals surface area (Å²) in [6.07, 6.45) is 4.43. The van der Waals surface area contributed by atoms with Crippen LogP contribution in [0.1, 0.15) is 25.7 Å². The molecule has 1 aromatic heterocycles. The molecule has 1 atom stereocenters. The Kier molecular flexibility index (Phi) is 5.54. The van der Waals surface area contributed by atoms with E-state index >= 15 is 0 Å². The van der Waals surface area contributed by atoms with Crippen LogP contribution >= 0.6 is 0 Å². The first-order valence-corrected chi connectivity index (χ1v) is 7.45. The van der Waals surface area contributed by atoms with Crippen molar-refractivity contribution in [3.8, 4) is 5.88 Å². The molecular formula is C15H23N3O4. The van der Waals surface area contributed by atoms with Gasteiger partial charge < -0.3 is 19.5 Å². The lowest BCUT2D eigenvalue weighted by Crippen LogP contribution is -2.48. The van der Waals surface area contributed by atoms with E-state index in [2.05, 4.69) is 9.97 Å². The standard InChI is InChI=1S/C15H23N3O4/c1-21-10-4-7-15(13(19)20)6-3-9-18(11-15)14-16-8-5-12(17-14)22-2/h5,8H,3-4,6-7,9-11H2,1-2H3,(H,19,20). The summed E-state index contributed by atoms with van der Waals surface area (Å²) in [6, 6.07) is 1.68. The Morgan fingerprint density at radius 2 is 2.32 bits per heavy atom. The van der Waals surface area contributed by atoms with Gasteiger partial charge in [0.05, 0.1) is 12.5 Å². The lowest BCUT2D eigenvalue weighted by molar-refractivity contribution is -0.150. The fourth-order valence-corrected chi connectivity index (χ4v) is 2.94. The Bertz CT molecular complexity index is 511. The molecule has 122 valence electrons. The van der Waals surface area contributed by atoms with Crippen molar-refractivity contribution in [1.82, 2.24) is 9.97 Å². The Morgan fingerprint density at radius 1 is 1.50 bits per heavy atom. The topological polar surface area (TPSA) is 84.8 Å². The van der Waals surface area contributed by atoms with Gasteiger partial charge in [-0.3, -0.25) is 4.79 Å². The first kappa shape index (κ1) is 16.5. The number of carbonyl (C=O) groups is 1. The highest BCUT2D eigenvalue weighted by Crippen LogP contribution is 2.36. The van der Waals surface area contributed by atoms with Crippen molar-refractivity contribution in [2.24, 2.45) is 5.41 Å². The smallest absolute Gasteiger partial charge is 0.311 e. The predicted molar refractivity (Wildman–Crippen MR) is 81.2 cm³/mol. The van der Waals surface area contributed by atoms with E-state index in [0.717, 1.165) is 19.4 Å². The Labute approximate surface area is 130 Å². The molecule has 0 spiro atoms. The van der Waals surface area contributed by atoms with Crippen LogP contribution in [-0.2, 0) is 9.53 Å². The highest BCUT2D eigenvalue weighted by Gasteiger charge is 2.42. The van der Waals surface area contributed by atoms with Crippen LogP contribution in [0.5, 0.6) is 5.88 Å². The molecule has 0 aromatic carbocycles. The lowest BCUT2D eigenvalue weighted by atomic mass is 9.76. The zero-order valence-electron chi connectivity index (χ0n) is 13.1. The van der Waals surface area contributed by atoms with Gasteiger partial charge in [0.2, 0.25) is 11.8 Å². The molecule has 0 radical (unpaired) electrons. The third-order valence-electron chi connectivity index (χ3n) is 4.14. The number of rotatable bonds is 7. The number of carboxylic acid groups (broad SMARTS) is 1. The minimum atomic E-state index is -0.761. The molecule has 22 heavy (non-hydrogen) atoms. The molecule has 7 heteroatoms. The van der Waals surface area contributed by atoms with Gasteiger partial charge in [0.15, 0.2) is 0 Å². The number of aromatic nitrogens is 2. The van der Waals surface area contributed by atoms with E-state index < -0.39 is 11.4 Å². The second-order valence-corrected chi connectivity index (χ2v) is 5.61. The molecule has 0 amide bonds. The zero-order valence-corrected chi connectivity index (χ0v) is 13.1. The van der Waals surface area contributed by atoms with E-state index in [0.29, 0.717) is 37.8 Å². The van der Waals surface area contributed by atoms with Gasteiger partial charge in [-0.05, 0) is 25.7 Å². The van der Waals surface area contributed by atoms with Crippen LogP contribution < -0.4 is 9.64 Å². The maximum Gasteiger partial charge on any atom is 0.311 e. The number of piperidine rings is 1. The van der Waals surface area contributed by atoms with Crippen LogP contribution in [0, 0.1) is 5.41 Å². The maximum atomic E-state index is 11.8. The average molecular weight is 309 g/mol. The number of anilines is 1. The van der Waals surface area contributed by atoms with Gasteiger partial charge in [-0.1, -0.05) is 0 Å². The second kappa shape index (κ2) is 7.40. The van der Waals surface area contributed by atoms with E-state index in [-0.39, 0.29) is 0 Å². The van der Waals surface area contributed by atoms with Crippen molar-refractivity contribution in [2.45, 2.75) is 25.7 Å². The van der Waals surface area contributed by atoms with Crippen LogP contribution in [-0.4, -0.2) is 55.0 Å². The number of methoxy groups -OCH3 is 2. The normalized spacial score (nSPS) is 21.6. The van der Waals surface area contributed by atoms with Crippen molar-refractivity contribution < 1.29 is 19.4 Å². The Morgan fingerprint density at radius 3 is 3.00 bits per heavy atom. The average Bonchev–Trinajstić information content (AvgIpc) is 2.55. The monoisotopic (exact) mass is 309 g/mol. The van der Waals surface area contributed by atoms with Gasteiger partial charge in [-0.2, -0.15) is 4.98 Å². The molecule has 2 heterocycles. The van der Waals surface area contributed by atoms with Gasteiger partial charge in [0.1, 0.15) is 0 Å². The number of carboxylic acids is 1. The van der Waals surface area contributed by atoms with E-state index in [1.807, 2.05) is 4.90 Å². The lowest BCUT2D eigenvalue weighted by Gasteiger charge is -2.40. The number of nitrogens with zero attached hydrogens (tertiary/aromatic N) is 3. The summed E-state index contributed by atoms with van der Waals surface area (Å²) in [7, 11) is 3.18. The molecule has 0 aliphatic carbocycles. The first-order valence-electron chi connectivity index (χ1n) is 7.45. The highest BCUT2D eigenvalue weighted by molar-refractivity contribution is 5.75. The van der Waals surface area contributed by atoms with Crippen molar-refractivity contribution in [3.63, 3.8) is 0 Å². The second-order valence-electron chi connectivity index (χ2n) is 5.61. The van der Waals surface area contributed by atoms with E-state index in [1.54, 1.807) is 26.5 Å². The summed E-state index contributed by atoms with van der Waals surface area (Å²) < 4.78 is 10.2. The molecule has 1 fully saturated rings. The number of hydrogen-bond donors (Lipinski definition) is 1. The van der Waals surface area contributed by atoms with Crippen LogP contribution in [0.3, 0.4) is 0 Å². The summed E-state index contributed by atoms with van der Waals surface area (Å²) in [5.41, 5.74) is -0.761. The highest BCUT2D eigenvalue weighted by atomic mass is 16.5. The SMILES string of the molecule is COCCCC1(C(=O)O)CCCN(c2nccc(OC)n2)C1. The molecule has 1 unspecified atom stereocenters. The van der Waals surface area contributed by atoms with Gasteiger partial charge >= 0.3 is 5.97 Å². The molecule has 1 aliphatic heterocycles. The summed E-state index contributed by atoms with van der Waals surface area (Å²) in [4.78, 5) is 22.3. The molecule has 1 N–H and O–H groups in total. The molecular weight excluding hydrogens is 286 g/mol. The fourth-order valence-electron chi connectivity index (χ4n) is 2.94. The van der Waals surface area contributed by atoms with Gasteiger partial charge in [0, 0.05) is 39.1 Å². The van der Waals surface area contributed by atoms with Crippen LogP contribution in [0.25, 0.3) is 0 Å². The molecule has 1 aromatic rings. The predicted octanol–water partition coefficient (Wildman–Crippen LogP) is 1.58. The molecule has 2 rings (SSSR count). The van der Waals surface area contributed by atoms with Crippen LogP contribution in [0.4, 0.5) is 5.95 Å². The zero-order chi connectivity index (χ0) is 16.0. The number of ether oxygens (including phenoxy) is 2. The van der Waals surface area contributed by atoms with Crippen molar-refractivity contribution in [1.29, 1.82) is 0 Å². The minimum absolute atomic E-state index is 0.416. The van der Waals surface area contributed by atoms with Crippen LogP contribution in [0.2, 0.25) is 0 Å². The van der Waals surface area contributed by atoms with E-state index in [1.165, 1.54) is 0 Å². The van der Waals surface area contributed by atoms with E-state index in [9.17, 15) is 9.90 Å². The molecule has 1 saturated heterocycles. The Hall–Kier alpha value is -1.89. The largest absolute Gasteiger partial charge is 0.481 e. The van der Waals surface area contributed by atoms with Crippen molar-refractivity contribution in [3.05, 3.63) is 12.3 Å². The number of hydrogen-bond acceptors (Lipinski definition) is 6. The molecule has 0 saturated carbocycles. The number of aliphatic carboxylic acids is 1. The third kappa shape index (κ3) is 3.65. The summed E-state index contributed by atoms with van der Waals surface area (Å²) in [6.45, 7) is 1.75. The summed E-state index contributed by atoms with van der Waals surface area (Å²) in [5, 5.41) is 9.72.